The first kappa shape index (κ1) is 20.1. The molecule has 0 bridgehead atoms. The van der Waals surface area contributed by atoms with Crippen molar-refractivity contribution in [2.75, 3.05) is 0 Å². The minimum absolute atomic E-state index is 0.0115. The molecule has 1 aromatic heterocycles. The lowest BCUT2D eigenvalue weighted by atomic mass is 9.84. The van der Waals surface area contributed by atoms with Crippen LogP contribution in [0.5, 0.6) is 0 Å². The Morgan fingerprint density at radius 1 is 1.33 bits per heavy atom. The third-order valence-electron chi connectivity index (χ3n) is 5.13. The third kappa shape index (κ3) is 3.69. The zero-order valence-corrected chi connectivity index (χ0v) is 18.2. The second-order valence-corrected chi connectivity index (χ2v) is 11.0. The summed E-state index contributed by atoms with van der Waals surface area (Å²) in [5.74, 6) is 0.834. The van der Waals surface area contributed by atoms with E-state index in [1.165, 1.54) is 0 Å². The zero-order chi connectivity index (χ0) is 20.1. The molecule has 1 unspecified atom stereocenters. The normalized spacial score (nSPS) is 18.4. The van der Waals surface area contributed by atoms with Crippen LogP contribution >= 0.6 is 0 Å². The van der Waals surface area contributed by atoms with Gasteiger partial charge in [-0.25, -0.2) is 4.98 Å². The van der Waals surface area contributed by atoms with Gasteiger partial charge < -0.3 is 4.55 Å². The first-order valence-electron chi connectivity index (χ1n) is 9.45. The molecular weight excluding hydrogens is 358 g/mol. The molecule has 5 nitrogen and oxygen atoms in total. The van der Waals surface area contributed by atoms with Crippen molar-refractivity contribution >= 4 is 28.0 Å². The topological polar surface area (TPSA) is 70.3 Å². The van der Waals surface area contributed by atoms with Gasteiger partial charge in [-0.2, -0.15) is 0 Å². The van der Waals surface area contributed by atoms with Crippen molar-refractivity contribution in [3.63, 3.8) is 0 Å². The molecule has 0 saturated carbocycles. The van der Waals surface area contributed by atoms with E-state index in [1.807, 2.05) is 51.3 Å². The van der Waals surface area contributed by atoms with Crippen LogP contribution < -0.4 is 5.56 Å². The van der Waals surface area contributed by atoms with Gasteiger partial charge in [-0.3, -0.25) is 9.36 Å². The van der Waals surface area contributed by atoms with Gasteiger partial charge in [0.15, 0.2) is 0 Å². The highest BCUT2D eigenvalue weighted by Gasteiger charge is 2.32. The summed E-state index contributed by atoms with van der Waals surface area (Å²) >= 11 is -1.36. The predicted octanol–water partition coefficient (Wildman–Crippen LogP) is 4.05. The SMILES string of the molecule is C/C(=N/[S+]([O-])C(C)(C)C)c1cc(C)cc2c(=O)n3c(nc12)C(C)(C)CCC3. The molecule has 0 amide bonds. The van der Waals surface area contributed by atoms with Crippen molar-refractivity contribution in [1.82, 2.24) is 9.55 Å². The van der Waals surface area contributed by atoms with Crippen molar-refractivity contribution in [1.29, 1.82) is 0 Å². The third-order valence-corrected chi connectivity index (χ3v) is 6.61. The summed E-state index contributed by atoms with van der Waals surface area (Å²) in [6.07, 6.45) is 1.99. The highest BCUT2D eigenvalue weighted by molar-refractivity contribution is 7.91. The van der Waals surface area contributed by atoms with Gasteiger partial charge in [0.1, 0.15) is 21.9 Å². The number of fused-ring (bicyclic) bond motifs is 2. The smallest absolute Gasteiger partial charge is 0.261 e. The maximum absolute atomic E-state index is 13.2. The van der Waals surface area contributed by atoms with Crippen molar-refractivity contribution < 1.29 is 4.55 Å². The Morgan fingerprint density at radius 3 is 2.63 bits per heavy atom. The minimum Gasteiger partial charge on any atom is -0.591 e. The van der Waals surface area contributed by atoms with Gasteiger partial charge >= 0.3 is 0 Å². The number of hydrogen-bond acceptors (Lipinski definition) is 4. The Labute approximate surface area is 164 Å². The van der Waals surface area contributed by atoms with Crippen LogP contribution in [-0.2, 0) is 23.3 Å². The Balaban J connectivity index is 2.30. The van der Waals surface area contributed by atoms with E-state index in [-0.39, 0.29) is 11.0 Å². The average molecular weight is 388 g/mol. The number of aromatic nitrogens is 2. The number of benzene rings is 1. The van der Waals surface area contributed by atoms with E-state index >= 15 is 0 Å². The van der Waals surface area contributed by atoms with E-state index in [0.717, 1.165) is 29.8 Å². The van der Waals surface area contributed by atoms with Gasteiger partial charge in [-0.15, -0.1) is 0 Å². The van der Waals surface area contributed by atoms with E-state index < -0.39 is 16.1 Å². The van der Waals surface area contributed by atoms with Gasteiger partial charge in [-0.05, 0) is 65.2 Å². The number of hydrogen-bond donors (Lipinski definition) is 0. The van der Waals surface area contributed by atoms with Gasteiger partial charge in [0, 0.05) is 17.5 Å². The fourth-order valence-electron chi connectivity index (χ4n) is 3.57. The number of aryl methyl sites for hydroxylation is 1. The summed E-state index contributed by atoms with van der Waals surface area (Å²) in [5, 5.41) is 0.613. The van der Waals surface area contributed by atoms with Crippen molar-refractivity contribution in [2.45, 2.75) is 78.0 Å². The average Bonchev–Trinajstić information content (AvgIpc) is 2.54. The second-order valence-electron chi connectivity index (χ2n) is 9.13. The molecule has 1 atom stereocenters. The van der Waals surface area contributed by atoms with Crippen LogP contribution in [0.3, 0.4) is 0 Å². The molecule has 0 spiro atoms. The number of nitrogens with zero attached hydrogens (tertiary/aromatic N) is 3. The summed E-state index contributed by atoms with van der Waals surface area (Å²) in [6.45, 7) is 14.5. The lowest BCUT2D eigenvalue weighted by molar-refractivity contribution is 0.341. The standard InChI is InChI=1S/C21H29N3O2S/c1-13-11-15(14(2)23-27(26)20(3,4)5)17-16(12-13)18(25)24-10-8-9-21(6,7)19(24)22-17/h11-12H,8-10H2,1-7H3/b23-14-. The molecular formula is C21H29N3O2S. The summed E-state index contributed by atoms with van der Waals surface area (Å²) in [6, 6.07) is 3.89. The second kappa shape index (κ2) is 6.74. The van der Waals surface area contributed by atoms with E-state index in [9.17, 15) is 9.35 Å². The molecule has 0 radical (unpaired) electrons. The molecule has 6 heteroatoms. The summed E-state index contributed by atoms with van der Waals surface area (Å²) in [4.78, 5) is 18.1. The molecule has 1 aliphatic heterocycles. The quantitative estimate of drug-likeness (QED) is 0.576. The molecule has 2 heterocycles. The molecule has 0 fully saturated rings. The van der Waals surface area contributed by atoms with Crippen molar-refractivity contribution in [3.05, 3.63) is 39.4 Å². The fourth-order valence-corrected chi connectivity index (χ4v) is 4.19. The lowest BCUT2D eigenvalue weighted by Gasteiger charge is -2.32. The molecule has 1 aliphatic rings. The minimum atomic E-state index is -1.36. The molecule has 0 aliphatic carbocycles. The molecule has 146 valence electrons. The molecule has 27 heavy (non-hydrogen) atoms. The molecule has 0 saturated heterocycles. The van der Waals surface area contributed by atoms with Crippen LogP contribution in [-0.4, -0.2) is 24.6 Å². The first-order chi connectivity index (χ1) is 12.4. The van der Waals surface area contributed by atoms with Crippen LogP contribution in [0, 0.1) is 6.92 Å². The highest BCUT2D eigenvalue weighted by Crippen LogP contribution is 2.32. The predicted molar refractivity (Wildman–Crippen MR) is 113 cm³/mol. The molecule has 3 rings (SSSR count). The Kier molecular flexibility index (Phi) is 5.02. The highest BCUT2D eigenvalue weighted by atomic mass is 32.2. The fraction of sp³-hybridized carbons (Fsp3) is 0.571. The monoisotopic (exact) mass is 387 g/mol. The van der Waals surface area contributed by atoms with Gasteiger partial charge in [-0.1, -0.05) is 18.2 Å². The lowest BCUT2D eigenvalue weighted by Crippen LogP contribution is -2.37. The van der Waals surface area contributed by atoms with E-state index in [0.29, 0.717) is 23.2 Å². The van der Waals surface area contributed by atoms with E-state index in [2.05, 4.69) is 18.2 Å². The first-order valence-corrected chi connectivity index (χ1v) is 10.6. The Hall–Kier alpha value is -1.66. The van der Waals surface area contributed by atoms with Gasteiger partial charge in [0.2, 0.25) is 0 Å². The zero-order valence-electron chi connectivity index (χ0n) is 17.3. The Bertz CT molecular complexity index is 984. The van der Waals surface area contributed by atoms with Gasteiger partial charge in [0.05, 0.1) is 16.6 Å². The van der Waals surface area contributed by atoms with Crippen LogP contribution in [0.1, 0.15) is 71.3 Å². The largest absolute Gasteiger partial charge is 0.591 e. The maximum Gasteiger partial charge on any atom is 0.261 e. The molecule has 1 aromatic carbocycles. The van der Waals surface area contributed by atoms with Crippen molar-refractivity contribution in [2.24, 2.45) is 4.40 Å². The number of rotatable bonds is 2. The van der Waals surface area contributed by atoms with E-state index in [1.54, 1.807) is 0 Å². The van der Waals surface area contributed by atoms with Crippen LogP contribution in [0.4, 0.5) is 0 Å². The Morgan fingerprint density at radius 2 is 2.00 bits per heavy atom. The molecule has 0 N–H and O–H groups in total. The van der Waals surface area contributed by atoms with Crippen LogP contribution in [0.2, 0.25) is 0 Å². The van der Waals surface area contributed by atoms with Gasteiger partial charge in [0.25, 0.3) is 5.56 Å². The van der Waals surface area contributed by atoms with Crippen LogP contribution in [0.25, 0.3) is 10.9 Å². The summed E-state index contributed by atoms with van der Waals surface area (Å²) in [5.41, 5.74) is 2.96. The molecule has 2 aromatic rings. The van der Waals surface area contributed by atoms with E-state index in [4.69, 9.17) is 4.98 Å². The maximum atomic E-state index is 13.2. The van der Waals surface area contributed by atoms with Crippen LogP contribution in [0.15, 0.2) is 21.3 Å². The summed E-state index contributed by atoms with van der Waals surface area (Å²) < 4.78 is 18.3. The summed E-state index contributed by atoms with van der Waals surface area (Å²) in [7, 11) is 0. The van der Waals surface area contributed by atoms with Crippen molar-refractivity contribution in [3.8, 4) is 0 Å².